The maximum atomic E-state index is 13.7. The zero-order valence-corrected chi connectivity index (χ0v) is 14.5. The SMILES string of the molecule is Fc1cc(Br)ccc1COc1ccc(OCc2ccccc2)cc1. The number of hydrogen-bond acceptors (Lipinski definition) is 2. The van der Waals surface area contributed by atoms with Gasteiger partial charge in [-0.05, 0) is 42.0 Å². The molecule has 0 radical (unpaired) electrons. The van der Waals surface area contributed by atoms with Gasteiger partial charge in [-0.25, -0.2) is 4.39 Å². The van der Waals surface area contributed by atoms with Crippen molar-refractivity contribution < 1.29 is 13.9 Å². The van der Waals surface area contributed by atoms with Crippen molar-refractivity contribution in [2.75, 3.05) is 0 Å². The zero-order chi connectivity index (χ0) is 16.8. The van der Waals surface area contributed by atoms with Gasteiger partial charge < -0.3 is 9.47 Å². The lowest BCUT2D eigenvalue weighted by Crippen LogP contribution is -1.99. The van der Waals surface area contributed by atoms with Crippen molar-refractivity contribution in [3.63, 3.8) is 0 Å². The van der Waals surface area contributed by atoms with Crippen molar-refractivity contribution in [1.82, 2.24) is 0 Å². The molecule has 0 aromatic heterocycles. The van der Waals surface area contributed by atoms with Gasteiger partial charge in [0.15, 0.2) is 0 Å². The molecule has 0 fully saturated rings. The second-order valence-electron chi connectivity index (χ2n) is 5.27. The first-order valence-corrected chi connectivity index (χ1v) is 8.33. The van der Waals surface area contributed by atoms with Crippen LogP contribution in [-0.4, -0.2) is 0 Å². The van der Waals surface area contributed by atoms with Crippen LogP contribution in [0, 0.1) is 5.82 Å². The molecule has 0 bridgehead atoms. The van der Waals surface area contributed by atoms with Crippen LogP contribution in [0.3, 0.4) is 0 Å². The minimum absolute atomic E-state index is 0.184. The highest BCUT2D eigenvalue weighted by atomic mass is 79.9. The Morgan fingerprint density at radius 3 is 2.00 bits per heavy atom. The second kappa shape index (κ2) is 7.97. The summed E-state index contributed by atoms with van der Waals surface area (Å²) in [5, 5.41) is 0. The molecule has 4 heteroatoms. The molecule has 0 unspecified atom stereocenters. The van der Waals surface area contributed by atoms with Gasteiger partial charge in [-0.3, -0.25) is 0 Å². The van der Waals surface area contributed by atoms with Crippen LogP contribution in [0.1, 0.15) is 11.1 Å². The third kappa shape index (κ3) is 4.59. The average Bonchev–Trinajstić information content (AvgIpc) is 2.61. The summed E-state index contributed by atoms with van der Waals surface area (Å²) < 4.78 is 25.8. The van der Waals surface area contributed by atoms with Crippen LogP contribution in [0.5, 0.6) is 11.5 Å². The fourth-order valence-electron chi connectivity index (χ4n) is 2.17. The molecule has 122 valence electrons. The summed E-state index contributed by atoms with van der Waals surface area (Å²) in [6.45, 7) is 0.703. The number of hydrogen-bond donors (Lipinski definition) is 0. The Bertz CT molecular complexity index is 788. The molecule has 0 spiro atoms. The molecule has 3 aromatic carbocycles. The largest absolute Gasteiger partial charge is 0.489 e. The first-order valence-electron chi connectivity index (χ1n) is 7.54. The summed E-state index contributed by atoms with van der Waals surface area (Å²) in [7, 11) is 0. The predicted molar refractivity (Wildman–Crippen MR) is 95.6 cm³/mol. The highest BCUT2D eigenvalue weighted by Gasteiger charge is 2.04. The van der Waals surface area contributed by atoms with Gasteiger partial charge in [0.1, 0.15) is 30.5 Å². The van der Waals surface area contributed by atoms with E-state index in [2.05, 4.69) is 15.9 Å². The van der Waals surface area contributed by atoms with Crippen molar-refractivity contribution in [1.29, 1.82) is 0 Å². The molecular formula is C20H16BrFO2. The smallest absolute Gasteiger partial charge is 0.130 e. The average molecular weight is 387 g/mol. The summed E-state index contributed by atoms with van der Waals surface area (Å²) >= 11 is 3.24. The fraction of sp³-hybridized carbons (Fsp3) is 0.100. The monoisotopic (exact) mass is 386 g/mol. The molecule has 0 amide bonds. The number of ether oxygens (including phenoxy) is 2. The minimum Gasteiger partial charge on any atom is -0.489 e. The fourth-order valence-corrected chi connectivity index (χ4v) is 2.51. The van der Waals surface area contributed by atoms with E-state index < -0.39 is 0 Å². The lowest BCUT2D eigenvalue weighted by Gasteiger charge is -2.09. The lowest BCUT2D eigenvalue weighted by molar-refractivity contribution is 0.293. The minimum atomic E-state index is -0.285. The highest BCUT2D eigenvalue weighted by Crippen LogP contribution is 2.21. The van der Waals surface area contributed by atoms with Gasteiger partial charge in [-0.2, -0.15) is 0 Å². The summed E-state index contributed by atoms with van der Waals surface area (Å²) in [4.78, 5) is 0. The maximum Gasteiger partial charge on any atom is 0.130 e. The molecular weight excluding hydrogens is 371 g/mol. The third-order valence-electron chi connectivity index (χ3n) is 3.48. The molecule has 3 aromatic rings. The van der Waals surface area contributed by atoms with Gasteiger partial charge in [-0.15, -0.1) is 0 Å². The number of halogens is 2. The maximum absolute atomic E-state index is 13.7. The van der Waals surface area contributed by atoms with Crippen molar-refractivity contribution in [3.8, 4) is 11.5 Å². The third-order valence-corrected chi connectivity index (χ3v) is 3.97. The summed E-state index contributed by atoms with van der Waals surface area (Å²) in [6.07, 6.45) is 0. The Morgan fingerprint density at radius 2 is 1.38 bits per heavy atom. The van der Waals surface area contributed by atoms with Gasteiger partial charge in [-0.1, -0.05) is 52.3 Å². The van der Waals surface area contributed by atoms with Crippen molar-refractivity contribution in [3.05, 3.63) is 94.2 Å². The summed E-state index contributed by atoms with van der Waals surface area (Å²) in [6, 6.07) is 22.2. The Morgan fingerprint density at radius 1 is 0.750 bits per heavy atom. The molecule has 24 heavy (non-hydrogen) atoms. The molecule has 0 saturated heterocycles. The zero-order valence-electron chi connectivity index (χ0n) is 12.9. The first kappa shape index (κ1) is 16.5. The molecule has 0 aliphatic heterocycles. The van der Waals surface area contributed by atoms with Crippen molar-refractivity contribution >= 4 is 15.9 Å². The Kier molecular flexibility index (Phi) is 5.49. The first-order chi connectivity index (χ1) is 11.7. The normalized spacial score (nSPS) is 10.4. The van der Waals surface area contributed by atoms with E-state index in [1.807, 2.05) is 54.6 Å². The molecule has 0 saturated carbocycles. The van der Waals surface area contributed by atoms with Gasteiger partial charge in [0.2, 0.25) is 0 Å². The van der Waals surface area contributed by atoms with E-state index in [0.29, 0.717) is 22.4 Å². The summed E-state index contributed by atoms with van der Waals surface area (Å²) in [5.41, 5.74) is 1.63. The molecule has 3 rings (SSSR count). The second-order valence-corrected chi connectivity index (χ2v) is 6.19. The van der Waals surface area contributed by atoms with Crippen LogP contribution in [0.4, 0.5) is 4.39 Å². The van der Waals surface area contributed by atoms with Gasteiger partial charge >= 0.3 is 0 Å². The molecule has 0 atom stereocenters. The lowest BCUT2D eigenvalue weighted by atomic mass is 10.2. The molecule has 0 heterocycles. The Labute approximate surface area is 149 Å². The van der Waals surface area contributed by atoms with E-state index in [1.54, 1.807) is 12.1 Å². The molecule has 2 nitrogen and oxygen atoms in total. The van der Waals surface area contributed by atoms with Crippen LogP contribution < -0.4 is 9.47 Å². The van der Waals surface area contributed by atoms with Crippen molar-refractivity contribution in [2.45, 2.75) is 13.2 Å². The van der Waals surface area contributed by atoms with Crippen LogP contribution >= 0.6 is 15.9 Å². The quantitative estimate of drug-likeness (QED) is 0.537. The van der Waals surface area contributed by atoms with Crippen LogP contribution in [-0.2, 0) is 13.2 Å². The van der Waals surface area contributed by atoms with E-state index in [4.69, 9.17) is 9.47 Å². The molecule has 0 aliphatic carbocycles. The van der Waals surface area contributed by atoms with Gasteiger partial charge in [0.05, 0.1) is 0 Å². The van der Waals surface area contributed by atoms with E-state index in [9.17, 15) is 4.39 Å². The van der Waals surface area contributed by atoms with Crippen molar-refractivity contribution in [2.24, 2.45) is 0 Å². The molecule has 0 N–H and O–H groups in total. The standard InChI is InChI=1S/C20H16BrFO2/c21-17-7-6-16(20(22)12-17)14-24-19-10-8-18(9-11-19)23-13-15-4-2-1-3-5-15/h1-12H,13-14H2. The molecule has 0 aliphatic rings. The highest BCUT2D eigenvalue weighted by molar-refractivity contribution is 9.10. The van der Waals surface area contributed by atoms with Crippen LogP contribution in [0.15, 0.2) is 77.3 Å². The number of benzene rings is 3. The van der Waals surface area contributed by atoms with Crippen LogP contribution in [0.2, 0.25) is 0 Å². The Hall–Kier alpha value is -2.33. The van der Waals surface area contributed by atoms with Gasteiger partial charge in [0.25, 0.3) is 0 Å². The Balaban J connectivity index is 1.54. The van der Waals surface area contributed by atoms with E-state index in [-0.39, 0.29) is 12.4 Å². The van der Waals surface area contributed by atoms with Crippen LogP contribution in [0.25, 0.3) is 0 Å². The summed E-state index contributed by atoms with van der Waals surface area (Å²) in [5.74, 6) is 1.15. The predicted octanol–water partition coefficient (Wildman–Crippen LogP) is 5.75. The topological polar surface area (TPSA) is 18.5 Å². The number of rotatable bonds is 6. The van der Waals surface area contributed by atoms with E-state index in [1.165, 1.54) is 6.07 Å². The van der Waals surface area contributed by atoms with E-state index in [0.717, 1.165) is 11.3 Å². The van der Waals surface area contributed by atoms with Gasteiger partial charge in [0, 0.05) is 10.0 Å². The van der Waals surface area contributed by atoms with E-state index >= 15 is 0 Å².